The predicted molar refractivity (Wildman–Crippen MR) is 59.4 cm³/mol. The summed E-state index contributed by atoms with van der Waals surface area (Å²) in [5, 5.41) is 8.74. The molecule has 0 amide bonds. The van der Waals surface area contributed by atoms with E-state index in [1.807, 2.05) is 30.3 Å². The normalized spacial score (nSPS) is 14.1. The molecule has 4 heteroatoms. The summed E-state index contributed by atoms with van der Waals surface area (Å²) in [5.41, 5.74) is 6.24. The van der Waals surface area contributed by atoms with E-state index < -0.39 is 24.3 Å². The van der Waals surface area contributed by atoms with Crippen molar-refractivity contribution in [2.45, 2.75) is 12.5 Å². The molecule has 0 saturated heterocycles. The van der Waals surface area contributed by atoms with Gasteiger partial charge in [0.05, 0.1) is 18.6 Å². The lowest BCUT2D eigenvalue weighted by Crippen LogP contribution is -2.39. The third-order valence-corrected chi connectivity index (χ3v) is 2.33. The Morgan fingerprint density at radius 1 is 1.38 bits per heavy atom. The second-order valence-corrected chi connectivity index (χ2v) is 3.55. The summed E-state index contributed by atoms with van der Waals surface area (Å²) in [4.78, 5) is 22.3. The van der Waals surface area contributed by atoms with Gasteiger partial charge in [0.2, 0.25) is 6.29 Å². The highest BCUT2D eigenvalue weighted by molar-refractivity contribution is 5.97. The van der Waals surface area contributed by atoms with Gasteiger partial charge in [0.1, 0.15) is 0 Å². The Labute approximate surface area is 94.1 Å². The Morgan fingerprint density at radius 3 is 2.50 bits per heavy atom. The molecule has 0 heterocycles. The monoisotopic (exact) mass is 220 g/mol. The van der Waals surface area contributed by atoms with E-state index in [9.17, 15) is 9.59 Å². The quantitative estimate of drug-likeness (QED) is 0.653. The van der Waals surface area contributed by atoms with Crippen molar-refractivity contribution >= 4 is 12.1 Å². The topological polar surface area (TPSA) is 80.4 Å². The van der Waals surface area contributed by atoms with E-state index in [-0.39, 0.29) is 6.42 Å². The van der Waals surface area contributed by atoms with Crippen LogP contribution in [0.2, 0.25) is 0 Å². The van der Waals surface area contributed by atoms with Crippen molar-refractivity contribution in [1.29, 1.82) is 0 Å². The first-order chi connectivity index (χ1) is 7.69. The molecule has 1 radical (unpaired) electrons. The van der Waals surface area contributed by atoms with E-state index in [2.05, 4.69) is 0 Å². The molecule has 85 valence electrons. The Hall–Kier alpha value is -1.52. The minimum Gasteiger partial charge on any atom is -0.394 e. The van der Waals surface area contributed by atoms with Crippen LogP contribution >= 0.6 is 0 Å². The maximum Gasteiger partial charge on any atom is 0.209 e. The van der Waals surface area contributed by atoms with Crippen molar-refractivity contribution in [2.24, 2.45) is 11.7 Å². The van der Waals surface area contributed by atoms with Gasteiger partial charge in [0.25, 0.3) is 0 Å². The number of benzene rings is 1. The van der Waals surface area contributed by atoms with E-state index in [1.165, 1.54) is 0 Å². The molecule has 0 aliphatic rings. The Bertz CT molecular complexity index is 351. The molecule has 0 spiro atoms. The van der Waals surface area contributed by atoms with Crippen molar-refractivity contribution < 1.29 is 14.7 Å². The van der Waals surface area contributed by atoms with Gasteiger partial charge < -0.3 is 10.8 Å². The number of nitrogens with two attached hydrogens (primary N) is 1. The van der Waals surface area contributed by atoms with Crippen molar-refractivity contribution in [1.82, 2.24) is 0 Å². The van der Waals surface area contributed by atoms with Crippen molar-refractivity contribution in [3.8, 4) is 0 Å². The van der Waals surface area contributed by atoms with Gasteiger partial charge in [-0.3, -0.25) is 9.59 Å². The standard InChI is InChI=1S/C12H14NO3/c13-11(8-15)12(16)10(7-14)6-9-4-2-1-3-5-9/h1-5,10-11,15H,6,8,13H2/t10?,11-/m0/s1. The Kier molecular flexibility index (Phi) is 4.82. The highest BCUT2D eigenvalue weighted by Crippen LogP contribution is 2.09. The van der Waals surface area contributed by atoms with Gasteiger partial charge in [-0.1, -0.05) is 30.3 Å². The molecular weight excluding hydrogens is 206 g/mol. The van der Waals surface area contributed by atoms with Gasteiger partial charge in [-0.25, -0.2) is 0 Å². The first-order valence-corrected chi connectivity index (χ1v) is 5.00. The predicted octanol–water partition coefficient (Wildman–Crippen LogP) is -0.156. The Balaban J connectivity index is 2.69. The van der Waals surface area contributed by atoms with Crippen molar-refractivity contribution in [3.05, 3.63) is 35.9 Å². The maximum atomic E-state index is 11.6. The molecule has 0 bridgehead atoms. The minimum atomic E-state index is -1.00. The van der Waals surface area contributed by atoms with Crippen molar-refractivity contribution in [3.63, 3.8) is 0 Å². The highest BCUT2D eigenvalue weighted by atomic mass is 16.3. The number of carbonyl (C=O) groups excluding carboxylic acids is 2. The molecule has 1 aromatic rings. The molecular formula is C12H14NO3. The molecule has 1 aromatic carbocycles. The van der Waals surface area contributed by atoms with E-state index in [0.29, 0.717) is 0 Å². The second kappa shape index (κ2) is 6.15. The van der Waals surface area contributed by atoms with Crippen LogP contribution in [0.3, 0.4) is 0 Å². The van der Waals surface area contributed by atoms with Gasteiger partial charge >= 0.3 is 0 Å². The van der Waals surface area contributed by atoms with Crippen LogP contribution in [-0.2, 0) is 16.0 Å². The van der Waals surface area contributed by atoms with Crippen LogP contribution in [0.15, 0.2) is 30.3 Å². The third kappa shape index (κ3) is 3.25. The van der Waals surface area contributed by atoms with Gasteiger partial charge in [-0.15, -0.1) is 0 Å². The van der Waals surface area contributed by atoms with Gasteiger partial charge in [-0.2, -0.15) is 0 Å². The first kappa shape index (κ1) is 12.5. The fourth-order valence-electron chi connectivity index (χ4n) is 1.40. The fraction of sp³-hybridized carbons (Fsp3) is 0.333. The average Bonchev–Trinajstić information content (AvgIpc) is 2.35. The maximum absolute atomic E-state index is 11.6. The average molecular weight is 220 g/mol. The largest absolute Gasteiger partial charge is 0.394 e. The summed E-state index contributed by atoms with van der Waals surface area (Å²) >= 11 is 0. The summed E-state index contributed by atoms with van der Waals surface area (Å²) in [5.74, 6) is -1.37. The molecule has 0 saturated carbocycles. The number of hydrogen-bond donors (Lipinski definition) is 2. The number of ketones is 1. The van der Waals surface area contributed by atoms with E-state index in [0.717, 1.165) is 5.56 Å². The van der Waals surface area contributed by atoms with Crippen LogP contribution in [0.25, 0.3) is 0 Å². The zero-order valence-electron chi connectivity index (χ0n) is 8.80. The molecule has 1 rings (SSSR count). The Morgan fingerprint density at radius 2 is 2.00 bits per heavy atom. The number of carbonyl (C=O) groups is 1. The van der Waals surface area contributed by atoms with Crippen LogP contribution in [0, 0.1) is 5.92 Å². The number of aliphatic hydroxyl groups is 1. The minimum absolute atomic E-state index is 0.275. The van der Waals surface area contributed by atoms with Gasteiger partial charge in [0, 0.05) is 0 Å². The zero-order chi connectivity index (χ0) is 12.0. The SMILES string of the molecule is N[C@@H](CO)C(=O)C([C]=O)Cc1ccccc1. The summed E-state index contributed by atoms with van der Waals surface area (Å²) in [7, 11) is 0. The van der Waals surface area contributed by atoms with Gasteiger partial charge in [0.15, 0.2) is 5.78 Å². The summed E-state index contributed by atoms with van der Waals surface area (Å²) in [6.07, 6.45) is 1.95. The molecule has 2 atom stereocenters. The molecule has 0 fully saturated rings. The molecule has 4 nitrogen and oxygen atoms in total. The summed E-state index contributed by atoms with van der Waals surface area (Å²) in [6, 6.07) is 8.14. The number of Topliss-reactive ketones (excluding diaryl/α,β-unsaturated/α-hetero) is 1. The molecule has 0 aliphatic heterocycles. The summed E-state index contributed by atoms with van der Waals surface area (Å²) in [6.45, 7) is -0.453. The van der Waals surface area contributed by atoms with Crippen LogP contribution in [-0.4, -0.2) is 29.8 Å². The van der Waals surface area contributed by atoms with E-state index in [1.54, 1.807) is 6.29 Å². The lowest BCUT2D eigenvalue weighted by atomic mass is 9.93. The second-order valence-electron chi connectivity index (χ2n) is 3.55. The molecule has 3 N–H and O–H groups in total. The number of aliphatic hydroxyl groups excluding tert-OH is 1. The number of hydrogen-bond acceptors (Lipinski definition) is 4. The zero-order valence-corrected chi connectivity index (χ0v) is 8.80. The first-order valence-electron chi connectivity index (χ1n) is 5.00. The highest BCUT2D eigenvalue weighted by Gasteiger charge is 2.24. The fourth-order valence-corrected chi connectivity index (χ4v) is 1.40. The molecule has 16 heavy (non-hydrogen) atoms. The van der Waals surface area contributed by atoms with Crippen LogP contribution < -0.4 is 5.73 Å². The smallest absolute Gasteiger partial charge is 0.209 e. The molecule has 0 aromatic heterocycles. The molecule has 0 aliphatic carbocycles. The summed E-state index contributed by atoms with van der Waals surface area (Å²) < 4.78 is 0. The van der Waals surface area contributed by atoms with Crippen LogP contribution in [0.1, 0.15) is 5.56 Å². The molecule has 1 unspecified atom stereocenters. The lowest BCUT2D eigenvalue weighted by Gasteiger charge is -2.12. The van der Waals surface area contributed by atoms with Gasteiger partial charge in [-0.05, 0) is 12.0 Å². The third-order valence-electron chi connectivity index (χ3n) is 2.33. The van der Waals surface area contributed by atoms with E-state index in [4.69, 9.17) is 10.8 Å². The van der Waals surface area contributed by atoms with Crippen LogP contribution in [0.5, 0.6) is 0 Å². The van der Waals surface area contributed by atoms with Crippen LogP contribution in [0.4, 0.5) is 0 Å². The lowest BCUT2D eigenvalue weighted by molar-refractivity contribution is -0.123. The number of rotatable bonds is 6. The van der Waals surface area contributed by atoms with E-state index >= 15 is 0 Å². The van der Waals surface area contributed by atoms with Crippen molar-refractivity contribution in [2.75, 3.05) is 6.61 Å².